The molecule has 5 heteroatoms. The summed E-state index contributed by atoms with van der Waals surface area (Å²) in [5.41, 5.74) is 7.71. The molecule has 0 radical (unpaired) electrons. The topological polar surface area (TPSA) is 69.2 Å². The Morgan fingerprint density at radius 2 is 1.70 bits per heavy atom. The third-order valence-corrected chi connectivity index (χ3v) is 3.01. The largest absolute Gasteiger partial charge is 0.327 e. The molecular weight excluding hydrogens is 259 g/mol. The van der Waals surface area contributed by atoms with Gasteiger partial charge in [0.25, 0.3) is 5.69 Å². The summed E-state index contributed by atoms with van der Waals surface area (Å²) in [6.07, 6.45) is 1.04. The first-order chi connectivity index (χ1) is 9.54. The van der Waals surface area contributed by atoms with Crippen LogP contribution in [-0.2, 0) is 12.8 Å². The van der Waals surface area contributed by atoms with E-state index in [-0.39, 0.29) is 17.5 Å². The third kappa shape index (κ3) is 3.86. The molecule has 4 nitrogen and oxygen atoms in total. The highest BCUT2D eigenvalue weighted by atomic mass is 19.1. The van der Waals surface area contributed by atoms with Gasteiger partial charge in [-0.15, -0.1) is 0 Å². The molecule has 0 fully saturated rings. The van der Waals surface area contributed by atoms with Gasteiger partial charge < -0.3 is 5.73 Å². The number of hydrogen-bond acceptors (Lipinski definition) is 3. The van der Waals surface area contributed by atoms with Crippen LogP contribution in [0.3, 0.4) is 0 Å². The number of rotatable bonds is 5. The van der Waals surface area contributed by atoms with E-state index >= 15 is 0 Å². The molecule has 0 saturated carbocycles. The molecule has 2 N–H and O–H groups in total. The van der Waals surface area contributed by atoms with Gasteiger partial charge in [0, 0.05) is 18.2 Å². The summed E-state index contributed by atoms with van der Waals surface area (Å²) in [4.78, 5) is 10.3. The van der Waals surface area contributed by atoms with Gasteiger partial charge in [-0.25, -0.2) is 4.39 Å². The lowest BCUT2D eigenvalue weighted by molar-refractivity contribution is -0.384. The monoisotopic (exact) mass is 274 g/mol. The summed E-state index contributed by atoms with van der Waals surface area (Å²) in [6, 6.07) is 12.5. The number of nitrogens with two attached hydrogens (primary N) is 1. The molecule has 104 valence electrons. The first-order valence-corrected chi connectivity index (χ1v) is 6.28. The molecule has 2 rings (SSSR count). The second-order valence-electron chi connectivity index (χ2n) is 4.73. The molecule has 0 heterocycles. The Morgan fingerprint density at radius 3 is 2.30 bits per heavy atom. The zero-order valence-corrected chi connectivity index (χ0v) is 10.8. The van der Waals surface area contributed by atoms with E-state index in [1.165, 1.54) is 24.3 Å². The Hall–Kier alpha value is -2.27. The van der Waals surface area contributed by atoms with E-state index in [2.05, 4.69) is 0 Å². The van der Waals surface area contributed by atoms with Gasteiger partial charge in [0.2, 0.25) is 0 Å². The van der Waals surface area contributed by atoms with E-state index in [1.54, 1.807) is 18.2 Å². The van der Waals surface area contributed by atoms with E-state index < -0.39 is 4.92 Å². The SMILES string of the molecule is NC(Cc1cccc(F)c1)Cc1cccc([N+](=O)[O-])c1. The highest BCUT2D eigenvalue weighted by Crippen LogP contribution is 2.15. The Balaban J connectivity index is 2.02. The molecular formula is C15H15FN2O2. The number of non-ortho nitro benzene ring substituents is 1. The summed E-state index contributed by atoms with van der Waals surface area (Å²) in [5.74, 6) is -0.287. The van der Waals surface area contributed by atoms with Gasteiger partial charge >= 0.3 is 0 Å². The maximum absolute atomic E-state index is 13.1. The lowest BCUT2D eigenvalue weighted by Crippen LogP contribution is -2.25. The number of hydrogen-bond donors (Lipinski definition) is 1. The van der Waals surface area contributed by atoms with Crippen LogP contribution in [0.25, 0.3) is 0 Å². The summed E-state index contributed by atoms with van der Waals surface area (Å²) in [6.45, 7) is 0. The summed E-state index contributed by atoms with van der Waals surface area (Å²) in [5, 5.41) is 10.7. The van der Waals surface area contributed by atoms with Gasteiger partial charge in [0.15, 0.2) is 0 Å². The van der Waals surface area contributed by atoms with Crippen molar-refractivity contribution in [2.75, 3.05) is 0 Å². The van der Waals surface area contributed by atoms with Crippen LogP contribution in [0, 0.1) is 15.9 Å². The number of nitrogens with zero attached hydrogens (tertiary/aromatic N) is 1. The van der Waals surface area contributed by atoms with Crippen LogP contribution in [0.15, 0.2) is 48.5 Å². The summed E-state index contributed by atoms with van der Waals surface area (Å²) in [7, 11) is 0. The Bertz CT molecular complexity index is 616. The molecule has 0 spiro atoms. The number of nitro groups is 1. The van der Waals surface area contributed by atoms with Gasteiger partial charge in [0.1, 0.15) is 5.82 Å². The molecule has 1 unspecified atom stereocenters. The maximum Gasteiger partial charge on any atom is 0.269 e. The molecule has 2 aromatic carbocycles. The average Bonchev–Trinajstić information content (AvgIpc) is 2.38. The van der Waals surface area contributed by atoms with Crippen LogP contribution in [0.1, 0.15) is 11.1 Å². The van der Waals surface area contributed by atoms with Crippen LogP contribution in [0.4, 0.5) is 10.1 Å². The summed E-state index contributed by atoms with van der Waals surface area (Å²) < 4.78 is 13.1. The Kier molecular flexibility index (Phi) is 4.42. The van der Waals surface area contributed by atoms with Crippen molar-refractivity contribution in [3.05, 3.63) is 75.6 Å². The van der Waals surface area contributed by atoms with Crippen LogP contribution < -0.4 is 5.73 Å². The molecule has 2 aromatic rings. The predicted molar refractivity (Wildman–Crippen MR) is 74.9 cm³/mol. The number of nitro benzene ring substituents is 1. The number of benzene rings is 2. The van der Waals surface area contributed by atoms with Crippen molar-refractivity contribution in [1.82, 2.24) is 0 Å². The highest BCUT2D eigenvalue weighted by Gasteiger charge is 2.10. The minimum atomic E-state index is -0.429. The molecule has 20 heavy (non-hydrogen) atoms. The van der Waals surface area contributed by atoms with E-state index in [4.69, 9.17) is 5.73 Å². The smallest absolute Gasteiger partial charge is 0.269 e. The fraction of sp³-hybridized carbons (Fsp3) is 0.200. The minimum Gasteiger partial charge on any atom is -0.327 e. The normalized spacial score (nSPS) is 12.1. The van der Waals surface area contributed by atoms with Crippen LogP contribution in [0.5, 0.6) is 0 Å². The van der Waals surface area contributed by atoms with E-state index in [0.717, 1.165) is 11.1 Å². The second-order valence-corrected chi connectivity index (χ2v) is 4.73. The van der Waals surface area contributed by atoms with Crippen molar-refractivity contribution >= 4 is 5.69 Å². The molecule has 0 bridgehead atoms. The van der Waals surface area contributed by atoms with Crippen LogP contribution in [-0.4, -0.2) is 11.0 Å². The highest BCUT2D eigenvalue weighted by molar-refractivity contribution is 5.34. The minimum absolute atomic E-state index is 0.0560. The second kappa shape index (κ2) is 6.25. The lowest BCUT2D eigenvalue weighted by Gasteiger charge is -2.11. The van der Waals surface area contributed by atoms with Gasteiger partial charge in [-0.1, -0.05) is 24.3 Å². The first-order valence-electron chi connectivity index (χ1n) is 6.28. The third-order valence-electron chi connectivity index (χ3n) is 3.01. The van der Waals surface area contributed by atoms with Crippen LogP contribution in [0.2, 0.25) is 0 Å². The van der Waals surface area contributed by atoms with Gasteiger partial charge in [-0.3, -0.25) is 10.1 Å². The lowest BCUT2D eigenvalue weighted by atomic mass is 9.99. The average molecular weight is 274 g/mol. The van der Waals surface area contributed by atoms with E-state index in [9.17, 15) is 14.5 Å². The molecule has 0 saturated heterocycles. The first kappa shape index (κ1) is 14.1. The standard InChI is InChI=1S/C15H15FN2O2/c16-13-5-1-3-11(7-13)8-14(17)9-12-4-2-6-15(10-12)18(19)20/h1-7,10,14H,8-9,17H2. The van der Waals surface area contributed by atoms with Gasteiger partial charge in [-0.2, -0.15) is 0 Å². The van der Waals surface area contributed by atoms with Crippen molar-refractivity contribution in [1.29, 1.82) is 0 Å². The van der Waals surface area contributed by atoms with Crippen molar-refractivity contribution in [3.63, 3.8) is 0 Å². The Morgan fingerprint density at radius 1 is 1.10 bits per heavy atom. The number of halogens is 1. The van der Waals surface area contributed by atoms with E-state index in [0.29, 0.717) is 12.8 Å². The van der Waals surface area contributed by atoms with Crippen molar-refractivity contribution in [2.24, 2.45) is 5.73 Å². The van der Waals surface area contributed by atoms with Gasteiger partial charge in [-0.05, 0) is 36.1 Å². The zero-order chi connectivity index (χ0) is 14.5. The fourth-order valence-electron chi connectivity index (χ4n) is 2.14. The predicted octanol–water partition coefficient (Wildman–Crippen LogP) is 2.85. The molecule has 0 aliphatic carbocycles. The van der Waals surface area contributed by atoms with Crippen molar-refractivity contribution in [2.45, 2.75) is 18.9 Å². The van der Waals surface area contributed by atoms with Gasteiger partial charge in [0.05, 0.1) is 4.92 Å². The fourth-order valence-corrected chi connectivity index (χ4v) is 2.14. The quantitative estimate of drug-likeness (QED) is 0.673. The van der Waals surface area contributed by atoms with Crippen LogP contribution >= 0.6 is 0 Å². The van der Waals surface area contributed by atoms with E-state index in [1.807, 2.05) is 6.07 Å². The molecule has 0 aliphatic heterocycles. The summed E-state index contributed by atoms with van der Waals surface area (Å²) >= 11 is 0. The zero-order valence-electron chi connectivity index (χ0n) is 10.8. The van der Waals surface area contributed by atoms with Crippen molar-refractivity contribution in [3.8, 4) is 0 Å². The molecule has 0 aromatic heterocycles. The molecule has 0 amide bonds. The maximum atomic E-state index is 13.1. The van der Waals surface area contributed by atoms with Crippen molar-refractivity contribution < 1.29 is 9.31 Å². The molecule has 0 aliphatic rings. The Labute approximate surface area is 116 Å². The molecule has 1 atom stereocenters.